The molecular weight excluding hydrogens is 569 g/mol. The fourth-order valence-corrected chi connectivity index (χ4v) is 6.94. The number of fused-ring (bicyclic) bond motifs is 1. The zero-order chi connectivity index (χ0) is 28.0. The van der Waals surface area contributed by atoms with Crippen molar-refractivity contribution < 1.29 is 14.3 Å². The van der Waals surface area contributed by atoms with Crippen LogP contribution in [0.15, 0.2) is 54.6 Å². The van der Waals surface area contributed by atoms with E-state index in [4.69, 9.17) is 39.5 Å². The molecule has 1 aliphatic carbocycles. The molecule has 2 fully saturated rings. The molecule has 0 bridgehead atoms. The van der Waals surface area contributed by atoms with Gasteiger partial charge in [0.25, 0.3) is 0 Å². The highest BCUT2D eigenvalue weighted by Crippen LogP contribution is 2.47. The van der Waals surface area contributed by atoms with E-state index >= 15 is 0 Å². The summed E-state index contributed by atoms with van der Waals surface area (Å²) in [5.41, 5.74) is 4.92. The molecule has 2 aliphatic heterocycles. The molecule has 2 heterocycles. The molecule has 2 atom stereocenters. The third-order valence-electron chi connectivity index (χ3n) is 8.25. The maximum absolute atomic E-state index is 13.4. The molecule has 0 radical (unpaired) electrons. The average Bonchev–Trinajstić information content (AvgIpc) is 3.67. The molecular formula is C31H30Cl3N3O3. The van der Waals surface area contributed by atoms with Crippen LogP contribution in [0, 0.1) is 11.8 Å². The number of para-hydroxylation sites is 1. The summed E-state index contributed by atoms with van der Waals surface area (Å²) >= 11 is 20.0. The minimum Gasteiger partial charge on any atom is -0.469 e. The van der Waals surface area contributed by atoms with Crippen LogP contribution in [0.5, 0.6) is 0 Å². The van der Waals surface area contributed by atoms with Crippen LogP contribution in [-0.2, 0) is 16.1 Å². The van der Waals surface area contributed by atoms with Crippen LogP contribution in [0.4, 0.5) is 16.2 Å². The lowest BCUT2D eigenvalue weighted by molar-refractivity contribution is -0.141. The minimum absolute atomic E-state index is 0.0675. The third-order valence-corrected chi connectivity index (χ3v) is 9.19. The fourth-order valence-electron chi connectivity index (χ4n) is 6.13. The standard InChI is InChI=1S/C31H30Cl3N3O3/c1-40-29(38)13-20-16-36(15-18-9-10-18)17-24(20)19-11-22(21-5-2-3-6-25(21)32)23-14-35-31(39)37(28(23)12-19)30-26(33)7-4-8-27(30)34/h2-8,11-12,18,20,24H,9-10,13-17H2,1H3,(H,35,39). The van der Waals surface area contributed by atoms with E-state index in [2.05, 4.69) is 22.3 Å². The Kier molecular flexibility index (Phi) is 7.71. The molecule has 208 valence electrons. The van der Waals surface area contributed by atoms with Gasteiger partial charge in [0.2, 0.25) is 0 Å². The van der Waals surface area contributed by atoms with E-state index < -0.39 is 0 Å². The van der Waals surface area contributed by atoms with Crippen LogP contribution in [0.3, 0.4) is 0 Å². The zero-order valence-corrected chi connectivity index (χ0v) is 24.4. The van der Waals surface area contributed by atoms with Crippen LogP contribution < -0.4 is 10.2 Å². The molecule has 6 rings (SSSR count). The van der Waals surface area contributed by atoms with Gasteiger partial charge in [0.1, 0.15) is 0 Å². The van der Waals surface area contributed by atoms with Crippen molar-refractivity contribution in [2.45, 2.75) is 31.7 Å². The van der Waals surface area contributed by atoms with E-state index in [-0.39, 0.29) is 23.8 Å². The maximum atomic E-state index is 13.4. The van der Waals surface area contributed by atoms with E-state index in [1.165, 1.54) is 20.0 Å². The van der Waals surface area contributed by atoms with Crippen LogP contribution >= 0.6 is 34.8 Å². The molecule has 1 N–H and O–H groups in total. The van der Waals surface area contributed by atoms with Crippen LogP contribution in [0.2, 0.25) is 15.1 Å². The number of ether oxygens (including phenoxy) is 1. The molecule has 40 heavy (non-hydrogen) atoms. The molecule has 1 saturated carbocycles. The Morgan fingerprint density at radius 2 is 1.70 bits per heavy atom. The molecule has 2 amide bonds. The molecule has 1 saturated heterocycles. The number of amides is 2. The van der Waals surface area contributed by atoms with Crippen LogP contribution in [0.25, 0.3) is 11.1 Å². The van der Waals surface area contributed by atoms with Gasteiger partial charge in [-0.3, -0.25) is 9.69 Å². The van der Waals surface area contributed by atoms with Crippen molar-refractivity contribution in [2.24, 2.45) is 11.8 Å². The van der Waals surface area contributed by atoms with Gasteiger partial charge in [0, 0.05) is 48.2 Å². The summed E-state index contributed by atoms with van der Waals surface area (Å²) in [6.07, 6.45) is 2.86. The Labute approximate surface area is 249 Å². The highest BCUT2D eigenvalue weighted by Gasteiger charge is 2.39. The zero-order valence-electron chi connectivity index (χ0n) is 22.1. The number of hydrogen-bond acceptors (Lipinski definition) is 4. The predicted octanol–water partition coefficient (Wildman–Crippen LogP) is 7.66. The fraction of sp³-hybridized carbons (Fsp3) is 0.355. The van der Waals surface area contributed by atoms with Gasteiger partial charge >= 0.3 is 12.0 Å². The lowest BCUT2D eigenvalue weighted by atomic mass is 9.83. The number of nitrogens with zero attached hydrogens (tertiary/aromatic N) is 2. The van der Waals surface area contributed by atoms with Crippen LogP contribution in [-0.4, -0.2) is 43.6 Å². The van der Waals surface area contributed by atoms with Gasteiger partial charge in [0.05, 0.1) is 35.0 Å². The van der Waals surface area contributed by atoms with Crippen molar-refractivity contribution in [3.8, 4) is 11.1 Å². The van der Waals surface area contributed by atoms with E-state index in [9.17, 15) is 9.59 Å². The van der Waals surface area contributed by atoms with Gasteiger partial charge < -0.3 is 15.0 Å². The molecule has 3 aromatic rings. The van der Waals surface area contributed by atoms with Crippen molar-refractivity contribution >= 4 is 58.2 Å². The number of nitrogens with one attached hydrogen (secondary N) is 1. The third kappa shape index (κ3) is 5.30. The number of benzene rings is 3. The van der Waals surface area contributed by atoms with Gasteiger partial charge in [-0.2, -0.15) is 0 Å². The first-order chi connectivity index (χ1) is 19.3. The number of hydrogen-bond donors (Lipinski definition) is 1. The average molecular weight is 599 g/mol. The number of carbonyl (C=O) groups excluding carboxylic acids is 2. The number of halogens is 3. The smallest absolute Gasteiger partial charge is 0.326 e. The highest BCUT2D eigenvalue weighted by molar-refractivity contribution is 6.40. The molecule has 0 spiro atoms. The topological polar surface area (TPSA) is 61.9 Å². The van der Waals surface area contributed by atoms with Gasteiger partial charge in [-0.15, -0.1) is 0 Å². The number of esters is 1. The number of likely N-dealkylation sites (tertiary alicyclic amines) is 1. The van der Waals surface area contributed by atoms with Crippen molar-refractivity contribution in [2.75, 3.05) is 31.6 Å². The Morgan fingerprint density at radius 3 is 2.40 bits per heavy atom. The summed E-state index contributed by atoms with van der Waals surface area (Å²) in [5, 5.41) is 4.37. The Morgan fingerprint density at radius 1 is 0.975 bits per heavy atom. The second-order valence-corrected chi connectivity index (χ2v) is 12.1. The summed E-state index contributed by atoms with van der Waals surface area (Å²) in [6.45, 7) is 3.03. The van der Waals surface area contributed by atoms with Crippen molar-refractivity contribution in [1.82, 2.24) is 10.2 Å². The Bertz CT molecular complexity index is 1460. The largest absolute Gasteiger partial charge is 0.469 e. The first kappa shape index (κ1) is 27.4. The first-order valence-electron chi connectivity index (χ1n) is 13.6. The van der Waals surface area contributed by atoms with E-state index in [0.717, 1.165) is 47.8 Å². The highest BCUT2D eigenvalue weighted by atomic mass is 35.5. The summed E-state index contributed by atoms with van der Waals surface area (Å²) in [5.74, 6) is 0.675. The number of urea groups is 1. The summed E-state index contributed by atoms with van der Waals surface area (Å²) in [7, 11) is 1.44. The first-order valence-corrected chi connectivity index (χ1v) is 14.7. The SMILES string of the molecule is COC(=O)CC1CN(CC2CC2)CC1c1cc(-c2ccccc2Cl)c2c(c1)N(c1c(Cl)cccc1Cl)C(=O)NC2. The minimum atomic E-state index is -0.308. The van der Waals surface area contributed by atoms with Gasteiger partial charge in [0.15, 0.2) is 0 Å². The van der Waals surface area contributed by atoms with E-state index in [0.29, 0.717) is 39.4 Å². The monoisotopic (exact) mass is 597 g/mol. The van der Waals surface area contributed by atoms with Crippen molar-refractivity contribution in [1.29, 1.82) is 0 Å². The van der Waals surface area contributed by atoms with Gasteiger partial charge in [-0.1, -0.05) is 65.1 Å². The lowest BCUT2D eigenvalue weighted by Gasteiger charge is -2.34. The number of rotatable bonds is 7. The Hall–Kier alpha value is -2.77. The van der Waals surface area contributed by atoms with Crippen molar-refractivity contribution in [3.05, 3.63) is 80.8 Å². The second kappa shape index (κ2) is 11.2. The number of anilines is 2. The summed E-state index contributed by atoms with van der Waals surface area (Å²) in [6, 6.07) is 16.9. The molecule has 0 aromatic heterocycles. The van der Waals surface area contributed by atoms with Crippen molar-refractivity contribution in [3.63, 3.8) is 0 Å². The predicted molar refractivity (Wildman–Crippen MR) is 160 cm³/mol. The van der Waals surface area contributed by atoms with E-state index in [1.807, 2.05) is 24.3 Å². The molecule has 2 unspecified atom stereocenters. The molecule has 3 aliphatic rings. The van der Waals surface area contributed by atoms with E-state index in [1.54, 1.807) is 23.1 Å². The number of methoxy groups -OCH3 is 1. The van der Waals surface area contributed by atoms with Gasteiger partial charge in [-0.25, -0.2) is 4.79 Å². The summed E-state index contributed by atoms with van der Waals surface area (Å²) in [4.78, 5) is 29.9. The van der Waals surface area contributed by atoms with Crippen LogP contribution in [0.1, 0.15) is 36.3 Å². The molecule has 3 aromatic carbocycles. The Balaban J connectivity index is 1.53. The molecule has 9 heteroatoms. The summed E-state index contributed by atoms with van der Waals surface area (Å²) < 4.78 is 5.07. The second-order valence-electron chi connectivity index (χ2n) is 10.9. The lowest BCUT2D eigenvalue weighted by Crippen LogP contribution is -2.42. The maximum Gasteiger partial charge on any atom is 0.326 e. The quantitative estimate of drug-likeness (QED) is 0.284. The molecule has 6 nitrogen and oxygen atoms in total. The normalized spacial score (nSPS) is 20.8. The number of carbonyl (C=O) groups is 2. The van der Waals surface area contributed by atoms with Gasteiger partial charge in [-0.05, 0) is 60.1 Å².